The third-order valence-electron chi connectivity index (χ3n) is 2.59. The molecule has 100 valence electrons. The minimum atomic E-state index is -0.465. The number of rotatable bonds is 6. The first-order chi connectivity index (χ1) is 8.49. The summed E-state index contributed by atoms with van der Waals surface area (Å²) < 4.78 is 0.933. The number of carbonyl (C=O) groups is 1. The molecular weight excluding hydrogens is 294 g/mol. The summed E-state index contributed by atoms with van der Waals surface area (Å²) in [6, 6.07) is 7.64. The van der Waals surface area contributed by atoms with E-state index >= 15 is 0 Å². The van der Waals surface area contributed by atoms with E-state index in [1.54, 1.807) is 0 Å². The summed E-state index contributed by atoms with van der Waals surface area (Å²) in [4.78, 5) is 11.7. The quantitative estimate of drug-likeness (QED) is 0.848. The van der Waals surface area contributed by atoms with Crippen LogP contribution in [0.15, 0.2) is 28.7 Å². The summed E-state index contributed by atoms with van der Waals surface area (Å²) in [5.41, 5.74) is 0.952. The van der Waals surface area contributed by atoms with Crippen LogP contribution >= 0.6 is 15.9 Å². The van der Waals surface area contributed by atoms with Gasteiger partial charge in [-0.15, -0.1) is 0 Å². The van der Waals surface area contributed by atoms with Crippen molar-refractivity contribution in [2.24, 2.45) is 5.92 Å². The molecule has 0 spiro atoms. The van der Waals surface area contributed by atoms with Gasteiger partial charge in [0, 0.05) is 11.0 Å². The SMILES string of the molecule is CC(C)CC(O)CNC(=O)Cc1ccccc1Br. The fourth-order valence-electron chi connectivity index (χ4n) is 1.74. The molecule has 0 saturated heterocycles. The maximum Gasteiger partial charge on any atom is 0.224 e. The Kier molecular flexibility index (Phi) is 6.36. The molecule has 1 amide bonds. The van der Waals surface area contributed by atoms with Crippen molar-refractivity contribution in [2.75, 3.05) is 6.54 Å². The summed E-state index contributed by atoms with van der Waals surface area (Å²) in [5, 5.41) is 12.4. The van der Waals surface area contributed by atoms with Crippen LogP contribution in [0.25, 0.3) is 0 Å². The highest BCUT2D eigenvalue weighted by molar-refractivity contribution is 9.10. The molecule has 0 aliphatic carbocycles. The normalized spacial score (nSPS) is 12.5. The van der Waals surface area contributed by atoms with E-state index in [4.69, 9.17) is 0 Å². The van der Waals surface area contributed by atoms with Gasteiger partial charge in [-0.1, -0.05) is 48.0 Å². The first-order valence-electron chi connectivity index (χ1n) is 6.17. The molecule has 0 fully saturated rings. The lowest BCUT2D eigenvalue weighted by molar-refractivity contribution is -0.120. The molecule has 1 unspecified atom stereocenters. The van der Waals surface area contributed by atoms with E-state index in [1.807, 2.05) is 38.1 Å². The Balaban J connectivity index is 2.36. The van der Waals surface area contributed by atoms with Crippen molar-refractivity contribution in [1.82, 2.24) is 5.32 Å². The Bertz CT molecular complexity index is 393. The molecule has 0 aliphatic rings. The Labute approximate surface area is 117 Å². The van der Waals surface area contributed by atoms with Crippen molar-refractivity contribution in [3.63, 3.8) is 0 Å². The molecule has 0 aromatic heterocycles. The van der Waals surface area contributed by atoms with Gasteiger partial charge in [0.15, 0.2) is 0 Å². The second kappa shape index (κ2) is 7.54. The zero-order valence-electron chi connectivity index (χ0n) is 10.8. The molecule has 3 nitrogen and oxygen atoms in total. The van der Waals surface area contributed by atoms with E-state index in [0.29, 0.717) is 25.3 Å². The summed E-state index contributed by atoms with van der Waals surface area (Å²) in [6.07, 6.45) is 0.568. The van der Waals surface area contributed by atoms with Crippen LogP contribution in [0.2, 0.25) is 0 Å². The Morgan fingerprint density at radius 2 is 2.06 bits per heavy atom. The predicted octanol–water partition coefficient (Wildman–Crippen LogP) is 2.51. The lowest BCUT2D eigenvalue weighted by Crippen LogP contribution is -2.33. The van der Waals surface area contributed by atoms with Crippen molar-refractivity contribution in [2.45, 2.75) is 32.8 Å². The molecule has 0 radical (unpaired) electrons. The molecule has 18 heavy (non-hydrogen) atoms. The first-order valence-corrected chi connectivity index (χ1v) is 6.96. The maximum absolute atomic E-state index is 11.7. The number of hydrogen-bond donors (Lipinski definition) is 2. The fraction of sp³-hybridized carbons (Fsp3) is 0.500. The van der Waals surface area contributed by atoms with Crippen molar-refractivity contribution in [3.8, 4) is 0 Å². The minimum absolute atomic E-state index is 0.0651. The van der Waals surface area contributed by atoms with Crippen molar-refractivity contribution < 1.29 is 9.90 Å². The van der Waals surface area contributed by atoms with Crippen LogP contribution < -0.4 is 5.32 Å². The van der Waals surface area contributed by atoms with Gasteiger partial charge in [-0.2, -0.15) is 0 Å². The van der Waals surface area contributed by atoms with Gasteiger partial charge in [-0.3, -0.25) is 4.79 Å². The fourth-order valence-corrected chi connectivity index (χ4v) is 2.16. The molecular formula is C14H20BrNO2. The van der Waals surface area contributed by atoms with Crippen LogP contribution in [0.4, 0.5) is 0 Å². The largest absolute Gasteiger partial charge is 0.391 e. The van der Waals surface area contributed by atoms with Gasteiger partial charge < -0.3 is 10.4 Å². The highest BCUT2D eigenvalue weighted by Gasteiger charge is 2.10. The first kappa shape index (κ1) is 15.2. The smallest absolute Gasteiger partial charge is 0.224 e. The van der Waals surface area contributed by atoms with Crippen LogP contribution in [-0.2, 0) is 11.2 Å². The maximum atomic E-state index is 11.7. The molecule has 1 rings (SSSR count). The van der Waals surface area contributed by atoms with Gasteiger partial charge in [0.2, 0.25) is 5.91 Å². The van der Waals surface area contributed by atoms with Gasteiger partial charge >= 0.3 is 0 Å². The number of carbonyl (C=O) groups excluding carboxylic acids is 1. The Morgan fingerprint density at radius 1 is 1.39 bits per heavy atom. The number of hydrogen-bond acceptors (Lipinski definition) is 2. The highest BCUT2D eigenvalue weighted by atomic mass is 79.9. The second-order valence-corrected chi connectivity index (χ2v) is 5.71. The van der Waals surface area contributed by atoms with Gasteiger partial charge in [0.05, 0.1) is 12.5 Å². The average Bonchev–Trinajstić information content (AvgIpc) is 2.29. The van der Waals surface area contributed by atoms with Crippen molar-refractivity contribution >= 4 is 21.8 Å². The Hall–Kier alpha value is -0.870. The molecule has 1 aromatic rings. The number of nitrogens with one attached hydrogen (secondary N) is 1. The second-order valence-electron chi connectivity index (χ2n) is 4.86. The van der Waals surface area contributed by atoms with Crippen molar-refractivity contribution in [3.05, 3.63) is 34.3 Å². The monoisotopic (exact) mass is 313 g/mol. The van der Waals surface area contributed by atoms with E-state index in [-0.39, 0.29) is 5.91 Å². The number of halogens is 1. The molecule has 0 saturated carbocycles. The van der Waals surface area contributed by atoms with Crippen LogP contribution in [-0.4, -0.2) is 23.7 Å². The number of aliphatic hydroxyl groups excluding tert-OH is 1. The summed E-state index contributed by atoms with van der Waals surface area (Å²) in [7, 11) is 0. The van der Waals surface area contributed by atoms with Crippen molar-refractivity contribution in [1.29, 1.82) is 0 Å². The summed E-state index contributed by atoms with van der Waals surface area (Å²) in [5.74, 6) is 0.366. The van der Waals surface area contributed by atoms with E-state index in [1.165, 1.54) is 0 Å². The molecule has 1 aromatic carbocycles. The van der Waals surface area contributed by atoms with E-state index in [2.05, 4.69) is 21.2 Å². The van der Waals surface area contributed by atoms with Crippen LogP contribution in [0, 0.1) is 5.92 Å². The zero-order chi connectivity index (χ0) is 13.5. The third-order valence-corrected chi connectivity index (χ3v) is 3.36. The summed E-state index contributed by atoms with van der Waals surface area (Å²) >= 11 is 3.41. The van der Waals surface area contributed by atoms with E-state index in [0.717, 1.165) is 10.0 Å². The summed E-state index contributed by atoms with van der Waals surface area (Å²) in [6.45, 7) is 4.42. The molecule has 0 aliphatic heterocycles. The zero-order valence-corrected chi connectivity index (χ0v) is 12.4. The minimum Gasteiger partial charge on any atom is -0.391 e. The molecule has 0 bridgehead atoms. The van der Waals surface area contributed by atoms with Gasteiger partial charge in [-0.25, -0.2) is 0 Å². The average molecular weight is 314 g/mol. The van der Waals surface area contributed by atoms with E-state index in [9.17, 15) is 9.90 Å². The van der Waals surface area contributed by atoms with Crippen LogP contribution in [0.3, 0.4) is 0 Å². The topological polar surface area (TPSA) is 49.3 Å². The lowest BCUT2D eigenvalue weighted by Gasteiger charge is -2.14. The van der Waals surface area contributed by atoms with Crippen LogP contribution in [0.5, 0.6) is 0 Å². The van der Waals surface area contributed by atoms with E-state index < -0.39 is 6.10 Å². The van der Waals surface area contributed by atoms with Gasteiger partial charge in [0.25, 0.3) is 0 Å². The Morgan fingerprint density at radius 3 is 2.67 bits per heavy atom. The third kappa shape index (κ3) is 5.65. The van der Waals surface area contributed by atoms with Crippen LogP contribution in [0.1, 0.15) is 25.8 Å². The number of benzene rings is 1. The molecule has 4 heteroatoms. The molecule has 0 heterocycles. The molecule has 1 atom stereocenters. The molecule has 2 N–H and O–H groups in total. The van der Waals surface area contributed by atoms with Gasteiger partial charge in [-0.05, 0) is 24.0 Å². The number of amides is 1. The standard InChI is InChI=1S/C14H20BrNO2/c1-10(2)7-12(17)9-16-14(18)8-11-5-3-4-6-13(11)15/h3-6,10,12,17H,7-9H2,1-2H3,(H,16,18). The van der Waals surface area contributed by atoms with Gasteiger partial charge in [0.1, 0.15) is 0 Å². The predicted molar refractivity (Wildman–Crippen MR) is 76.3 cm³/mol. The lowest BCUT2D eigenvalue weighted by atomic mass is 10.1. The number of aliphatic hydroxyl groups is 1. The highest BCUT2D eigenvalue weighted by Crippen LogP contribution is 2.16.